The third-order valence-corrected chi connectivity index (χ3v) is 3.94. The van der Waals surface area contributed by atoms with E-state index < -0.39 is 0 Å². The van der Waals surface area contributed by atoms with Crippen molar-refractivity contribution in [3.63, 3.8) is 0 Å². The van der Waals surface area contributed by atoms with Crippen LogP contribution in [0.1, 0.15) is 22.3 Å². The van der Waals surface area contributed by atoms with Crippen LogP contribution in [0, 0.1) is 0 Å². The molecule has 3 heteroatoms. The van der Waals surface area contributed by atoms with E-state index in [-0.39, 0.29) is 5.91 Å². The molecular formula is C16H14N2O. The molecule has 2 aliphatic rings. The zero-order valence-electron chi connectivity index (χ0n) is 10.5. The summed E-state index contributed by atoms with van der Waals surface area (Å²) >= 11 is 0. The first-order valence-corrected chi connectivity index (χ1v) is 6.62. The number of rotatable bonds is 1. The van der Waals surface area contributed by atoms with E-state index in [2.05, 4.69) is 28.8 Å². The molecule has 1 amide bonds. The van der Waals surface area contributed by atoms with Crippen molar-refractivity contribution in [1.82, 2.24) is 5.32 Å². The molecule has 0 atom stereocenters. The van der Waals surface area contributed by atoms with E-state index in [4.69, 9.17) is 0 Å². The minimum absolute atomic E-state index is 0.0111. The van der Waals surface area contributed by atoms with E-state index in [1.807, 2.05) is 18.2 Å². The number of amides is 1. The first kappa shape index (κ1) is 10.8. The molecule has 94 valence electrons. The Morgan fingerprint density at radius 2 is 2.00 bits per heavy atom. The maximum absolute atomic E-state index is 11.9. The van der Waals surface area contributed by atoms with Crippen molar-refractivity contribution in [1.29, 1.82) is 0 Å². The Bertz CT molecular complexity index is 731. The molecule has 2 aliphatic heterocycles. The molecule has 2 aromatic carbocycles. The number of carbonyl (C=O) groups excluding carboxylic acids is 1. The molecule has 19 heavy (non-hydrogen) atoms. The number of carbonyl (C=O) groups is 1. The average Bonchev–Trinajstić information content (AvgIpc) is 2.79. The minimum atomic E-state index is 0.0111. The van der Waals surface area contributed by atoms with Crippen LogP contribution < -0.4 is 10.6 Å². The van der Waals surface area contributed by atoms with Crippen LogP contribution in [0.2, 0.25) is 0 Å². The van der Waals surface area contributed by atoms with Crippen LogP contribution in [-0.4, -0.2) is 19.0 Å². The van der Waals surface area contributed by atoms with Gasteiger partial charge in [0.25, 0.3) is 5.91 Å². The van der Waals surface area contributed by atoms with Crippen molar-refractivity contribution in [3.8, 4) is 0 Å². The lowest BCUT2D eigenvalue weighted by Gasteiger charge is -2.16. The highest BCUT2D eigenvalue weighted by atomic mass is 16.1. The molecule has 0 bridgehead atoms. The highest BCUT2D eigenvalue weighted by Crippen LogP contribution is 2.37. The lowest BCUT2D eigenvalue weighted by molar-refractivity contribution is 0.103. The summed E-state index contributed by atoms with van der Waals surface area (Å²) in [5.74, 6) is 0.0111. The zero-order chi connectivity index (χ0) is 12.8. The highest BCUT2D eigenvalue weighted by Gasteiger charge is 2.22. The van der Waals surface area contributed by atoms with Crippen LogP contribution in [0.5, 0.6) is 0 Å². The molecule has 2 aromatic rings. The molecular weight excluding hydrogens is 236 g/mol. The summed E-state index contributed by atoms with van der Waals surface area (Å²) in [6.45, 7) is 1.95. The second kappa shape index (κ2) is 3.93. The molecule has 2 heterocycles. The fraction of sp³-hybridized carbons (Fsp3) is 0.188. The van der Waals surface area contributed by atoms with Crippen molar-refractivity contribution < 1.29 is 4.79 Å². The van der Waals surface area contributed by atoms with Crippen molar-refractivity contribution in [3.05, 3.63) is 47.5 Å². The second-order valence-electron chi connectivity index (χ2n) is 5.03. The van der Waals surface area contributed by atoms with Gasteiger partial charge < -0.3 is 10.6 Å². The molecule has 0 aliphatic carbocycles. The van der Waals surface area contributed by atoms with Gasteiger partial charge in [-0.25, -0.2) is 0 Å². The molecule has 0 spiro atoms. The van der Waals surface area contributed by atoms with E-state index in [1.54, 1.807) is 0 Å². The van der Waals surface area contributed by atoms with Crippen molar-refractivity contribution in [2.24, 2.45) is 0 Å². The summed E-state index contributed by atoms with van der Waals surface area (Å²) in [6, 6.07) is 10.1. The Morgan fingerprint density at radius 3 is 2.84 bits per heavy atom. The van der Waals surface area contributed by atoms with Gasteiger partial charge in [0.2, 0.25) is 0 Å². The van der Waals surface area contributed by atoms with Gasteiger partial charge in [-0.1, -0.05) is 24.3 Å². The Kier molecular flexibility index (Phi) is 2.23. The largest absolute Gasteiger partial charge is 0.321 e. The van der Waals surface area contributed by atoms with Crippen LogP contribution in [0.25, 0.3) is 16.3 Å². The predicted molar refractivity (Wildman–Crippen MR) is 77.4 cm³/mol. The monoisotopic (exact) mass is 250 g/mol. The summed E-state index contributed by atoms with van der Waals surface area (Å²) in [7, 11) is 0. The third kappa shape index (κ3) is 1.52. The van der Waals surface area contributed by atoms with Gasteiger partial charge in [-0.15, -0.1) is 0 Å². The Labute approximate surface area is 111 Å². The van der Waals surface area contributed by atoms with Crippen LogP contribution in [0.4, 0.5) is 5.69 Å². The second-order valence-corrected chi connectivity index (χ2v) is 5.03. The maximum Gasteiger partial charge on any atom is 0.256 e. The predicted octanol–water partition coefficient (Wildman–Crippen LogP) is 2.78. The van der Waals surface area contributed by atoms with Crippen molar-refractivity contribution in [2.75, 3.05) is 18.4 Å². The molecule has 4 rings (SSSR count). The number of benzene rings is 2. The number of hydrogen-bond acceptors (Lipinski definition) is 2. The van der Waals surface area contributed by atoms with Gasteiger partial charge >= 0.3 is 0 Å². The van der Waals surface area contributed by atoms with Gasteiger partial charge in [0.05, 0.1) is 0 Å². The van der Waals surface area contributed by atoms with Gasteiger partial charge in [-0.2, -0.15) is 0 Å². The standard InChI is InChI=1S/C16H14N2O/c19-16-13-3-1-2-12-11(10-6-8-17-9-7-10)4-5-14(18-16)15(12)13/h1-6,17H,7-9H2,(H,18,19). The number of hydrogen-bond donors (Lipinski definition) is 2. The van der Waals surface area contributed by atoms with Gasteiger partial charge in [0, 0.05) is 23.2 Å². The summed E-state index contributed by atoms with van der Waals surface area (Å²) in [5, 5.41) is 8.52. The molecule has 0 unspecified atom stereocenters. The Balaban J connectivity index is 2.02. The van der Waals surface area contributed by atoms with Gasteiger partial charge in [0.1, 0.15) is 0 Å². The molecule has 0 radical (unpaired) electrons. The molecule has 3 nitrogen and oxygen atoms in total. The summed E-state index contributed by atoms with van der Waals surface area (Å²) in [4.78, 5) is 11.9. The van der Waals surface area contributed by atoms with Crippen LogP contribution in [0.3, 0.4) is 0 Å². The SMILES string of the molecule is O=C1Nc2ccc(C3=CCNCC3)c3cccc1c23. The highest BCUT2D eigenvalue weighted by molar-refractivity contribution is 6.25. The molecule has 2 N–H and O–H groups in total. The summed E-state index contributed by atoms with van der Waals surface area (Å²) in [6.07, 6.45) is 3.29. The maximum atomic E-state index is 11.9. The lowest BCUT2D eigenvalue weighted by atomic mass is 9.93. The van der Waals surface area contributed by atoms with Gasteiger partial charge in [0.15, 0.2) is 0 Å². The first-order valence-electron chi connectivity index (χ1n) is 6.62. The van der Waals surface area contributed by atoms with Gasteiger partial charge in [-0.05, 0) is 41.6 Å². The topological polar surface area (TPSA) is 41.1 Å². The van der Waals surface area contributed by atoms with Crippen LogP contribution in [0.15, 0.2) is 36.4 Å². The fourth-order valence-corrected chi connectivity index (χ4v) is 3.04. The van der Waals surface area contributed by atoms with E-state index >= 15 is 0 Å². The first-order chi connectivity index (χ1) is 9.34. The third-order valence-electron chi connectivity index (χ3n) is 3.94. The average molecular weight is 250 g/mol. The van der Waals surface area contributed by atoms with E-state index in [0.717, 1.165) is 36.1 Å². The lowest BCUT2D eigenvalue weighted by Crippen LogP contribution is -2.20. The summed E-state index contributed by atoms with van der Waals surface area (Å²) < 4.78 is 0. The van der Waals surface area contributed by atoms with Crippen LogP contribution in [-0.2, 0) is 0 Å². The zero-order valence-corrected chi connectivity index (χ0v) is 10.5. The molecule has 0 fully saturated rings. The summed E-state index contributed by atoms with van der Waals surface area (Å²) in [5.41, 5.74) is 4.37. The molecule has 0 saturated heterocycles. The Hall–Kier alpha value is -2.13. The quantitative estimate of drug-likeness (QED) is 0.817. The normalized spacial score (nSPS) is 17.5. The van der Waals surface area contributed by atoms with E-state index in [0.29, 0.717) is 0 Å². The number of nitrogens with one attached hydrogen (secondary N) is 2. The number of anilines is 1. The van der Waals surface area contributed by atoms with Crippen molar-refractivity contribution >= 4 is 27.9 Å². The smallest absolute Gasteiger partial charge is 0.256 e. The molecule has 0 aromatic heterocycles. The van der Waals surface area contributed by atoms with E-state index in [9.17, 15) is 4.79 Å². The van der Waals surface area contributed by atoms with E-state index in [1.165, 1.54) is 16.5 Å². The Morgan fingerprint density at radius 1 is 1.05 bits per heavy atom. The van der Waals surface area contributed by atoms with Gasteiger partial charge in [-0.3, -0.25) is 4.79 Å². The molecule has 0 saturated carbocycles. The van der Waals surface area contributed by atoms with Crippen LogP contribution >= 0.6 is 0 Å². The minimum Gasteiger partial charge on any atom is -0.321 e. The fourth-order valence-electron chi connectivity index (χ4n) is 3.04. The van der Waals surface area contributed by atoms with Crippen molar-refractivity contribution in [2.45, 2.75) is 6.42 Å².